The summed E-state index contributed by atoms with van der Waals surface area (Å²) in [4.78, 5) is 11.6. The van der Waals surface area contributed by atoms with Crippen molar-refractivity contribution in [1.29, 1.82) is 5.26 Å². The predicted octanol–water partition coefficient (Wildman–Crippen LogP) is 0.954. The molecular formula is C13H23N3O2. The van der Waals surface area contributed by atoms with Gasteiger partial charge < -0.3 is 15.4 Å². The zero-order valence-electron chi connectivity index (χ0n) is 11.1. The average Bonchev–Trinajstić information content (AvgIpc) is 2.39. The number of carbonyl (C=O) groups is 1. The van der Waals surface area contributed by atoms with Crippen molar-refractivity contribution in [3.63, 3.8) is 0 Å². The summed E-state index contributed by atoms with van der Waals surface area (Å²) in [6.45, 7) is 4.43. The highest BCUT2D eigenvalue weighted by Gasteiger charge is 2.14. The molecule has 0 aromatic rings. The van der Waals surface area contributed by atoms with Crippen LogP contribution in [-0.2, 0) is 9.53 Å². The monoisotopic (exact) mass is 253 g/mol. The van der Waals surface area contributed by atoms with E-state index in [2.05, 4.69) is 16.7 Å². The molecule has 1 unspecified atom stereocenters. The second-order valence-electron chi connectivity index (χ2n) is 4.61. The molecule has 0 bridgehead atoms. The van der Waals surface area contributed by atoms with Gasteiger partial charge in [-0.25, -0.2) is 0 Å². The maximum absolute atomic E-state index is 11.6. The lowest BCUT2D eigenvalue weighted by Gasteiger charge is -2.23. The SMILES string of the molecule is CCC(CC#N)NC(=O)CCOC1CCNCC1. The summed E-state index contributed by atoms with van der Waals surface area (Å²) >= 11 is 0. The summed E-state index contributed by atoms with van der Waals surface area (Å²) in [5, 5.41) is 14.7. The number of nitriles is 1. The van der Waals surface area contributed by atoms with Crippen LogP contribution in [0.3, 0.4) is 0 Å². The number of rotatable bonds is 7. The Balaban J connectivity index is 2.10. The van der Waals surface area contributed by atoms with Crippen LogP contribution in [-0.4, -0.2) is 37.7 Å². The molecule has 0 aromatic heterocycles. The molecule has 0 saturated carbocycles. The highest BCUT2D eigenvalue weighted by molar-refractivity contribution is 5.76. The molecule has 0 aliphatic carbocycles. The van der Waals surface area contributed by atoms with Crippen molar-refractivity contribution in [2.75, 3.05) is 19.7 Å². The minimum atomic E-state index is -0.0265. The zero-order valence-corrected chi connectivity index (χ0v) is 11.1. The van der Waals surface area contributed by atoms with Crippen LogP contribution in [0.1, 0.15) is 39.0 Å². The van der Waals surface area contributed by atoms with E-state index in [-0.39, 0.29) is 11.9 Å². The summed E-state index contributed by atoms with van der Waals surface area (Å²) < 4.78 is 5.66. The molecule has 1 heterocycles. The molecule has 1 atom stereocenters. The van der Waals surface area contributed by atoms with Crippen molar-refractivity contribution < 1.29 is 9.53 Å². The standard InChI is InChI=1S/C13H23N3O2/c1-2-11(3-7-14)16-13(17)6-10-18-12-4-8-15-9-5-12/h11-12,15H,2-6,8-10H2,1H3,(H,16,17). The van der Waals surface area contributed by atoms with Crippen LogP contribution in [0.2, 0.25) is 0 Å². The summed E-state index contributed by atoms with van der Waals surface area (Å²) in [7, 11) is 0. The number of nitrogens with zero attached hydrogens (tertiary/aromatic N) is 1. The quantitative estimate of drug-likeness (QED) is 0.708. The van der Waals surface area contributed by atoms with Gasteiger partial charge in [0.2, 0.25) is 5.91 Å². The van der Waals surface area contributed by atoms with Gasteiger partial charge in [0.1, 0.15) is 0 Å². The third kappa shape index (κ3) is 5.99. The van der Waals surface area contributed by atoms with Gasteiger partial charge in [-0.3, -0.25) is 4.79 Å². The van der Waals surface area contributed by atoms with Crippen LogP contribution in [0.15, 0.2) is 0 Å². The predicted molar refractivity (Wildman–Crippen MR) is 68.9 cm³/mol. The third-order valence-electron chi connectivity index (χ3n) is 3.16. The Hall–Kier alpha value is -1.12. The topological polar surface area (TPSA) is 74.2 Å². The lowest BCUT2D eigenvalue weighted by Crippen LogP contribution is -2.36. The van der Waals surface area contributed by atoms with Gasteiger partial charge in [-0.05, 0) is 32.4 Å². The second-order valence-corrected chi connectivity index (χ2v) is 4.61. The number of ether oxygens (including phenoxy) is 1. The lowest BCUT2D eigenvalue weighted by molar-refractivity contribution is -0.123. The van der Waals surface area contributed by atoms with Gasteiger partial charge in [0.15, 0.2) is 0 Å². The van der Waals surface area contributed by atoms with Crippen LogP contribution >= 0.6 is 0 Å². The largest absolute Gasteiger partial charge is 0.378 e. The normalized spacial score (nSPS) is 18.0. The average molecular weight is 253 g/mol. The molecule has 5 heteroatoms. The van der Waals surface area contributed by atoms with Crippen LogP contribution < -0.4 is 10.6 Å². The summed E-state index contributed by atoms with van der Waals surface area (Å²) in [5.74, 6) is -0.0222. The van der Waals surface area contributed by atoms with Gasteiger partial charge in [0, 0.05) is 12.5 Å². The Morgan fingerprint density at radius 1 is 1.56 bits per heavy atom. The van der Waals surface area contributed by atoms with Gasteiger partial charge in [0.05, 0.1) is 25.2 Å². The molecule has 5 nitrogen and oxygen atoms in total. The fourth-order valence-electron chi connectivity index (χ4n) is 1.99. The molecule has 1 fully saturated rings. The maximum Gasteiger partial charge on any atom is 0.222 e. The number of carbonyl (C=O) groups excluding carboxylic acids is 1. The number of hydrogen-bond acceptors (Lipinski definition) is 4. The fourth-order valence-corrected chi connectivity index (χ4v) is 1.99. The van der Waals surface area contributed by atoms with Crippen molar-refractivity contribution in [3.8, 4) is 6.07 Å². The maximum atomic E-state index is 11.6. The van der Waals surface area contributed by atoms with E-state index in [1.165, 1.54) is 0 Å². The Labute approximate surface area is 109 Å². The molecule has 18 heavy (non-hydrogen) atoms. The minimum absolute atomic E-state index is 0.0222. The highest BCUT2D eigenvalue weighted by Crippen LogP contribution is 2.07. The fraction of sp³-hybridized carbons (Fsp3) is 0.846. The van der Waals surface area contributed by atoms with Crippen LogP contribution in [0.25, 0.3) is 0 Å². The van der Waals surface area contributed by atoms with Crippen molar-refractivity contribution in [2.24, 2.45) is 0 Å². The Kier molecular flexibility index (Phi) is 7.38. The molecular weight excluding hydrogens is 230 g/mol. The van der Waals surface area contributed by atoms with Gasteiger partial charge in [0.25, 0.3) is 0 Å². The molecule has 1 amide bonds. The van der Waals surface area contributed by atoms with Crippen LogP contribution in [0.5, 0.6) is 0 Å². The Bertz CT molecular complexity index is 282. The van der Waals surface area contributed by atoms with E-state index in [0.717, 1.165) is 32.4 Å². The smallest absolute Gasteiger partial charge is 0.222 e. The molecule has 0 radical (unpaired) electrons. The lowest BCUT2D eigenvalue weighted by atomic mass is 10.1. The first-order chi connectivity index (χ1) is 8.76. The van der Waals surface area contributed by atoms with Crippen molar-refractivity contribution in [2.45, 2.75) is 51.2 Å². The van der Waals surface area contributed by atoms with Crippen molar-refractivity contribution >= 4 is 5.91 Å². The molecule has 0 spiro atoms. The number of hydrogen-bond donors (Lipinski definition) is 2. The van der Waals surface area contributed by atoms with E-state index in [0.29, 0.717) is 25.6 Å². The van der Waals surface area contributed by atoms with E-state index in [9.17, 15) is 4.79 Å². The summed E-state index contributed by atoms with van der Waals surface area (Å²) in [5.41, 5.74) is 0. The molecule has 102 valence electrons. The number of piperidine rings is 1. The molecule has 1 rings (SSSR count). The van der Waals surface area contributed by atoms with Crippen LogP contribution in [0, 0.1) is 11.3 Å². The molecule has 0 aromatic carbocycles. The Morgan fingerprint density at radius 3 is 2.89 bits per heavy atom. The molecule has 1 saturated heterocycles. The van der Waals surface area contributed by atoms with Gasteiger partial charge in [-0.1, -0.05) is 6.92 Å². The first-order valence-corrected chi connectivity index (χ1v) is 6.75. The Morgan fingerprint density at radius 2 is 2.28 bits per heavy atom. The number of amides is 1. The van der Waals surface area contributed by atoms with E-state index < -0.39 is 0 Å². The first-order valence-electron chi connectivity index (χ1n) is 6.75. The summed E-state index contributed by atoms with van der Waals surface area (Å²) in [6.07, 6.45) is 3.87. The van der Waals surface area contributed by atoms with Crippen molar-refractivity contribution in [1.82, 2.24) is 10.6 Å². The van der Waals surface area contributed by atoms with Gasteiger partial charge in [-0.15, -0.1) is 0 Å². The first kappa shape index (κ1) is 14.9. The third-order valence-corrected chi connectivity index (χ3v) is 3.16. The molecule has 2 N–H and O–H groups in total. The van der Waals surface area contributed by atoms with Crippen molar-refractivity contribution in [3.05, 3.63) is 0 Å². The van der Waals surface area contributed by atoms with E-state index in [1.807, 2.05) is 6.92 Å². The number of nitrogens with one attached hydrogen (secondary N) is 2. The van der Waals surface area contributed by atoms with E-state index in [1.54, 1.807) is 0 Å². The highest BCUT2D eigenvalue weighted by atomic mass is 16.5. The molecule has 1 aliphatic heterocycles. The van der Waals surface area contributed by atoms with Crippen LogP contribution in [0.4, 0.5) is 0 Å². The molecule has 1 aliphatic rings. The zero-order chi connectivity index (χ0) is 13.2. The minimum Gasteiger partial charge on any atom is -0.378 e. The van der Waals surface area contributed by atoms with Gasteiger partial charge >= 0.3 is 0 Å². The van der Waals surface area contributed by atoms with E-state index in [4.69, 9.17) is 10.00 Å². The van der Waals surface area contributed by atoms with E-state index >= 15 is 0 Å². The summed E-state index contributed by atoms with van der Waals surface area (Å²) in [6, 6.07) is 2.05. The van der Waals surface area contributed by atoms with Gasteiger partial charge in [-0.2, -0.15) is 5.26 Å². The second kappa shape index (κ2) is 8.90.